The molecular formula is C15H19F2N3. The number of hydrogen-bond donors (Lipinski definition) is 1. The zero-order valence-corrected chi connectivity index (χ0v) is 11.4. The van der Waals surface area contributed by atoms with Crippen LogP contribution in [0.4, 0.5) is 14.7 Å². The first-order chi connectivity index (χ1) is 9.65. The van der Waals surface area contributed by atoms with Crippen molar-refractivity contribution in [3.63, 3.8) is 0 Å². The zero-order chi connectivity index (χ0) is 14.1. The molecule has 0 aliphatic heterocycles. The van der Waals surface area contributed by atoms with Crippen LogP contribution in [0.2, 0.25) is 0 Å². The molecule has 0 atom stereocenters. The van der Waals surface area contributed by atoms with Crippen LogP contribution in [0.1, 0.15) is 38.5 Å². The summed E-state index contributed by atoms with van der Waals surface area (Å²) in [6.07, 6.45) is 7.40. The number of anilines is 1. The Bertz CT molecular complexity index is 615. The molecule has 1 fully saturated rings. The Morgan fingerprint density at radius 3 is 2.75 bits per heavy atom. The van der Waals surface area contributed by atoms with Crippen LogP contribution in [0.3, 0.4) is 0 Å². The fraction of sp³-hybridized carbons (Fsp3) is 0.533. The van der Waals surface area contributed by atoms with Crippen LogP contribution in [0.5, 0.6) is 0 Å². The van der Waals surface area contributed by atoms with Crippen molar-refractivity contribution < 1.29 is 8.78 Å². The van der Waals surface area contributed by atoms with Gasteiger partial charge in [0, 0.05) is 18.7 Å². The highest BCUT2D eigenvalue weighted by molar-refractivity contribution is 5.79. The van der Waals surface area contributed by atoms with Crippen LogP contribution in [-0.2, 0) is 6.54 Å². The maximum Gasteiger partial charge on any atom is 0.201 e. The fourth-order valence-corrected chi connectivity index (χ4v) is 3.24. The first-order valence-electron chi connectivity index (χ1n) is 7.26. The van der Waals surface area contributed by atoms with Gasteiger partial charge in [0.1, 0.15) is 11.3 Å². The molecule has 1 aliphatic carbocycles. The number of aromatic nitrogens is 2. The second kappa shape index (κ2) is 5.38. The molecule has 1 aliphatic rings. The number of imidazole rings is 1. The fourth-order valence-electron chi connectivity index (χ4n) is 3.24. The average molecular weight is 279 g/mol. The molecule has 3 nitrogen and oxygen atoms in total. The van der Waals surface area contributed by atoms with E-state index in [0.717, 1.165) is 24.8 Å². The lowest BCUT2D eigenvalue weighted by atomic mass is 10.0. The van der Waals surface area contributed by atoms with Gasteiger partial charge in [-0.15, -0.1) is 0 Å². The van der Waals surface area contributed by atoms with Crippen molar-refractivity contribution in [2.75, 3.05) is 5.73 Å². The zero-order valence-electron chi connectivity index (χ0n) is 11.4. The molecule has 0 amide bonds. The third kappa shape index (κ3) is 2.49. The first kappa shape index (κ1) is 13.3. The van der Waals surface area contributed by atoms with Crippen molar-refractivity contribution >= 4 is 17.0 Å². The molecule has 0 saturated heterocycles. The Morgan fingerprint density at radius 1 is 1.25 bits per heavy atom. The largest absolute Gasteiger partial charge is 0.369 e. The van der Waals surface area contributed by atoms with Crippen molar-refractivity contribution in [3.8, 4) is 0 Å². The number of nitrogen functional groups attached to an aromatic ring is 1. The summed E-state index contributed by atoms with van der Waals surface area (Å²) < 4.78 is 28.7. The van der Waals surface area contributed by atoms with E-state index in [4.69, 9.17) is 5.73 Å². The molecule has 3 rings (SSSR count). The Labute approximate surface area is 116 Å². The molecule has 0 bridgehead atoms. The Morgan fingerprint density at radius 2 is 2.00 bits per heavy atom. The van der Waals surface area contributed by atoms with Gasteiger partial charge in [-0.1, -0.05) is 25.7 Å². The lowest BCUT2D eigenvalue weighted by Crippen LogP contribution is -2.05. The van der Waals surface area contributed by atoms with E-state index in [1.807, 2.05) is 0 Å². The maximum absolute atomic E-state index is 13.6. The molecule has 2 aromatic rings. The quantitative estimate of drug-likeness (QED) is 0.923. The number of fused-ring (bicyclic) bond motifs is 1. The monoisotopic (exact) mass is 279 g/mol. The smallest absolute Gasteiger partial charge is 0.201 e. The number of aryl methyl sites for hydroxylation is 1. The summed E-state index contributed by atoms with van der Waals surface area (Å²) in [4.78, 5) is 4.00. The van der Waals surface area contributed by atoms with Crippen LogP contribution < -0.4 is 5.73 Å². The summed E-state index contributed by atoms with van der Waals surface area (Å²) in [7, 11) is 0. The van der Waals surface area contributed by atoms with Crippen molar-refractivity contribution in [3.05, 3.63) is 23.8 Å². The molecule has 108 valence electrons. The van der Waals surface area contributed by atoms with Crippen LogP contribution in [-0.4, -0.2) is 9.55 Å². The number of nitrogens with zero attached hydrogens (tertiary/aromatic N) is 2. The normalized spacial score (nSPS) is 16.3. The van der Waals surface area contributed by atoms with Crippen LogP contribution >= 0.6 is 0 Å². The highest BCUT2D eigenvalue weighted by Gasteiger charge is 2.16. The third-order valence-corrected chi connectivity index (χ3v) is 4.27. The number of rotatable bonds is 4. The summed E-state index contributed by atoms with van der Waals surface area (Å²) in [5.74, 6) is -0.177. The highest BCUT2D eigenvalue weighted by Crippen LogP contribution is 2.29. The van der Waals surface area contributed by atoms with Crippen molar-refractivity contribution in [2.45, 2.75) is 45.1 Å². The molecule has 2 N–H and O–H groups in total. The summed E-state index contributed by atoms with van der Waals surface area (Å²) in [6, 6.07) is 2.15. The van der Waals surface area contributed by atoms with Gasteiger partial charge in [-0.2, -0.15) is 0 Å². The minimum Gasteiger partial charge on any atom is -0.369 e. The van der Waals surface area contributed by atoms with Gasteiger partial charge < -0.3 is 10.3 Å². The van der Waals surface area contributed by atoms with Crippen LogP contribution in [0, 0.1) is 17.6 Å². The van der Waals surface area contributed by atoms with E-state index in [-0.39, 0.29) is 11.5 Å². The third-order valence-electron chi connectivity index (χ3n) is 4.27. The van der Waals surface area contributed by atoms with Gasteiger partial charge in [0.25, 0.3) is 0 Å². The van der Waals surface area contributed by atoms with Gasteiger partial charge in [0.15, 0.2) is 5.82 Å². The maximum atomic E-state index is 13.6. The van der Waals surface area contributed by atoms with E-state index in [0.29, 0.717) is 12.1 Å². The Balaban J connectivity index is 1.78. The predicted octanol–water partition coefficient (Wildman–Crippen LogP) is 3.87. The average Bonchev–Trinajstić information content (AvgIpc) is 3.00. The molecule has 1 aromatic heterocycles. The standard InChI is InChI=1S/C15H19F2N3/c16-11-8-12(17)14-13(9-11)20(15(18)19-14)7-3-6-10-4-1-2-5-10/h8-10H,1-7H2,(H2,18,19). The lowest BCUT2D eigenvalue weighted by Gasteiger charge is -2.10. The van der Waals surface area contributed by atoms with E-state index in [1.165, 1.54) is 31.7 Å². The molecular weight excluding hydrogens is 260 g/mol. The van der Waals surface area contributed by atoms with E-state index < -0.39 is 11.6 Å². The molecule has 1 heterocycles. The second-order valence-electron chi connectivity index (χ2n) is 5.67. The lowest BCUT2D eigenvalue weighted by molar-refractivity contribution is 0.462. The summed E-state index contributed by atoms with van der Waals surface area (Å²) in [5.41, 5.74) is 6.44. The van der Waals surface area contributed by atoms with E-state index in [9.17, 15) is 8.78 Å². The van der Waals surface area contributed by atoms with Crippen LogP contribution in [0.25, 0.3) is 11.0 Å². The minimum absolute atomic E-state index is 0.157. The molecule has 20 heavy (non-hydrogen) atoms. The van der Waals surface area contributed by atoms with Crippen molar-refractivity contribution in [1.29, 1.82) is 0 Å². The van der Waals surface area contributed by atoms with Gasteiger partial charge >= 0.3 is 0 Å². The van der Waals surface area contributed by atoms with Gasteiger partial charge in [-0.05, 0) is 18.8 Å². The first-order valence-corrected chi connectivity index (χ1v) is 7.26. The molecule has 1 aromatic carbocycles. The van der Waals surface area contributed by atoms with Gasteiger partial charge in [0.05, 0.1) is 5.52 Å². The summed E-state index contributed by atoms with van der Waals surface area (Å²) in [5, 5.41) is 0. The molecule has 5 heteroatoms. The van der Waals surface area contributed by atoms with E-state index >= 15 is 0 Å². The molecule has 0 radical (unpaired) electrons. The van der Waals surface area contributed by atoms with Gasteiger partial charge in [0.2, 0.25) is 5.95 Å². The number of nitrogens with two attached hydrogens (primary N) is 1. The Hall–Kier alpha value is -1.65. The molecule has 0 spiro atoms. The van der Waals surface area contributed by atoms with Crippen LogP contribution in [0.15, 0.2) is 12.1 Å². The summed E-state index contributed by atoms with van der Waals surface area (Å²) in [6.45, 7) is 0.668. The molecule has 0 unspecified atom stereocenters. The highest BCUT2D eigenvalue weighted by atomic mass is 19.1. The number of hydrogen-bond acceptors (Lipinski definition) is 2. The predicted molar refractivity (Wildman–Crippen MR) is 75.3 cm³/mol. The molecule has 1 saturated carbocycles. The second-order valence-corrected chi connectivity index (χ2v) is 5.67. The van der Waals surface area contributed by atoms with Crippen molar-refractivity contribution in [2.24, 2.45) is 5.92 Å². The van der Waals surface area contributed by atoms with E-state index in [1.54, 1.807) is 4.57 Å². The van der Waals surface area contributed by atoms with E-state index in [2.05, 4.69) is 4.98 Å². The summed E-state index contributed by atoms with van der Waals surface area (Å²) >= 11 is 0. The van der Waals surface area contributed by atoms with Gasteiger partial charge in [-0.3, -0.25) is 0 Å². The number of benzene rings is 1. The van der Waals surface area contributed by atoms with Crippen molar-refractivity contribution in [1.82, 2.24) is 9.55 Å². The topological polar surface area (TPSA) is 43.8 Å². The Kier molecular flexibility index (Phi) is 3.59. The minimum atomic E-state index is -0.652. The number of halogens is 2. The SMILES string of the molecule is Nc1nc2c(F)cc(F)cc2n1CCCC1CCCC1. The van der Waals surface area contributed by atoms with Gasteiger partial charge in [-0.25, -0.2) is 13.8 Å².